The van der Waals surface area contributed by atoms with Gasteiger partial charge in [-0.1, -0.05) is 0 Å². The predicted molar refractivity (Wildman–Crippen MR) is 68.8 cm³/mol. The summed E-state index contributed by atoms with van der Waals surface area (Å²) in [7, 11) is -7.44. The van der Waals surface area contributed by atoms with Gasteiger partial charge >= 0.3 is 15.2 Å². The van der Waals surface area contributed by atoms with Gasteiger partial charge in [0, 0.05) is 20.6 Å². The quantitative estimate of drug-likeness (QED) is 0.527. The first-order valence-corrected chi connectivity index (χ1v) is 9.06. The highest BCUT2D eigenvalue weighted by Gasteiger charge is 2.62. The van der Waals surface area contributed by atoms with Gasteiger partial charge in [0.1, 0.15) is 0 Å². The highest BCUT2D eigenvalue weighted by Crippen LogP contribution is 2.74. The van der Waals surface area contributed by atoms with E-state index < -0.39 is 20.3 Å². The molecule has 4 N–H and O–H groups in total. The first kappa shape index (κ1) is 17.3. The maximum absolute atomic E-state index is 12.3. The van der Waals surface area contributed by atoms with Crippen LogP contribution < -0.4 is 5.32 Å². The molecule has 0 saturated carbocycles. The molecule has 8 nitrogen and oxygen atoms in total. The Labute approximate surface area is 112 Å². The van der Waals surface area contributed by atoms with E-state index in [1.54, 1.807) is 0 Å². The monoisotopic (exact) mass is 317 g/mol. The van der Waals surface area contributed by atoms with Gasteiger partial charge in [-0.05, 0) is 31.8 Å². The predicted octanol–water partition coefficient (Wildman–Crippen LogP) is 0.686. The maximum atomic E-state index is 12.3. The van der Waals surface area contributed by atoms with Crippen molar-refractivity contribution in [2.75, 3.05) is 27.3 Å². The molecule has 114 valence electrons. The van der Waals surface area contributed by atoms with E-state index in [2.05, 4.69) is 14.4 Å². The smallest absolute Gasteiger partial charge is 0.368 e. The SMILES string of the molecule is COP(=O)(OC)C(O)(CC1CCCNC1)P(=O)(O)O. The fourth-order valence-corrected chi connectivity index (χ4v) is 5.72. The molecule has 2 atom stereocenters. The van der Waals surface area contributed by atoms with Crippen molar-refractivity contribution in [3.8, 4) is 0 Å². The lowest BCUT2D eigenvalue weighted by molar-refractivity contribution is 0.0899. The van der Waals surface area contributed by atoms with Crippen LogP contribution in [0.4, 0.5) is 0 Å². The molecule has 1 saturated heterocycles. The molecular formula is C9H21NO7P2. The summed E-state index contributed by atoms with van der Waals surface area (Å²) in [4.78, 5) is 18.7. The molecule has 1 rings (SSSR count). The average molecular weight is 317 g/mol. The van der Waals surface area contributed by atoms with E-state index in [4.69, 9.17) is 0 Å². The van der Waals surface area contributed by atoms with Gasteiger partial charge in [-0.15, -0.1) is 0 Å². The largest absolute Gasteiger partial charge is 0.374 e. The van der Waals surface area contributed by atoms with Crippen LogP contribution in [0.5, 0.6) is 0 Å². The fraction of sp³-hybridized carbons (Fsp3) is 1.00. The second-order valence-corrected chi connectivity index (χ2v) is 9.24. The Kier molecular flexibility index (Phi) is 5.75. The van der Waals surface area contributed by atoms with E-state index in [-0.39, 0.29) is 12.3 Å². The van der Waals surface area contributed by atoms with Crippen LogP contribution in [0.15, 0.2) is 0 Å². The molecule has 0 bridgehead atoms. The highest BCUT2D eigenvalue weighted by atomic mass is 31.2. The van der Waals surface area contributed by atoms with Crippen LogP contribution in [0.1, 0.15) is 19.3 Å². The van der Waals surface area contributed by atoms with Gasteiger partial charge in [0.05, 0.1) is 0 Å². The van der Waals surface area contributed by atoms with Gasteiger partial charge in [0.15, 0.2) is 0 Å². The van der Waals surface area contributed by atoms with E-state index in [0.29, 0.717) is 13.0 Å². The van der Waals surface area contributed by atoms with Crippen molar-refractivity contribution >= 4 is 15.2 Å². The Morgan fingerprint density at radius 2 is 1.89 bits per heavy atom. The molecule has 0 aromatic heterocycles. The van der Waals surface area contributed by atoms with E-state index >= 15 is 0 Å². The third kappa shape index (κ3) is 3.46. The zero-order chi connectivity index (χ0) is 14.7. The van der Waals surface area contributed by atoms with E-state index in [0.717, 1.165) is 27.2 Å². The van der Waals surface area contributed by atoms with Crippen LogP contribution in [0, 0.1) is 5.92 Å². The van der Waals surface area contributed by atoms with Crippen LogP contribution >= 0.6 is 15.2 Å². The molecule has 2 unspecified atom stereocenters. The number of nitrogens with one attached hydrogen (secondary N) is 1. The maximum Gasteiger partial charge on any atom is 0.374 e. The van der Waals surface area contributed by atoms with Crippen molar-refractivity contribution in [2.24, 2.45) is 5.92 Å². The minimum absolute atomic E-state index is 0.204. The van der Waals surface area contributed by atoms with E-state index in [1.807, 2.05) is 0 Å². The molecule has 1 fully saturated rings. The third-order valence-electron chi connectivity index (χ3n) is 3.35. The van der Waals surface area contributed by atoms with Gasteiger partial charge in [-0.3, -0.25) is 9.13 Å². The molecule has 1 aliphatic heterocycles. The number of aliphatic hydroxyl groups is 1. The minimum atomic E-state index is -5.09. The summed E-state index contributed by atoms with van der Waals surface area (Å²) in [5.41, 5.74) is 0. The van der Waals surface area contributed by atoms with Crippen LogP contribution in [0.3, 0.4) is 0 Å². The summed E-state index contributed by atoms with van der Waals surface area (Å²) in [5.74, 6) is -0.204. The summed E-state index contributed by atoms with van der Waals surface area (Å²) >= 11 is 0. The highest BCUT2D eigenvalue weighted by molar-refractivity contribution is 7.72. The normalized spacial score (nSPS) is 25.0. The second kappa shape index (κ2) is 6.33. The average Bonchev–Trinajstić information content (AvgIpc) is 2.37. The number of rotatable bonds is 6. The third-order valence-corrected chi connectivity index (χ3v) is 8.00. The summed E-state index contributed by atoms with van der Waals surface area (Å²) in [6.07, 6.45) is 1.16. The molecule has 1 heterocycles. The van der Waals surface area contributed by atoms with Gasteiger partial charge in [-0.25, -0.2) is 0 Å². The Morgan fingerprint density at radius 3 is 2.26 bits per heavy atom. The van der Waals surface area contributed by atoms with Crippen molar-refractivity contribution in [3.05, 3.63) is 0 Å². The van der Waals surface area contributed by atoms with Crippen molar-refractivity contribution in [1.82, 2.24) is 5.32 Å². The van der Waals surface area contributed by atoms with Crippen LogP contribution in [0.25, 0.3) is 0 Å². The molecule has 0 aliphatic carbocycles. The molecule has 10 heteroatoms. The number of piperidine rings is 1. The minimum Gasteiger partial charge on any atom is -0.368 e. The van der Waals surface area contributed by atoms with Gasteiger partial charge in [0.25, 0.3) is 5.08 Å². The Morgan fingerprint density at radius 1 is 1.32 bits per heavy atom. The Balaban J connectivity index is 3.06. The van der Waals surface area contributed by atoms with Crippen LogP contribution in [-0.4, -0.2) is 47.3 Å². The summed E-state index contributed by atoms with van der Waals surface area (Å²) in [5, 5.41) is 10.6. The second-order valence-electron chi connectivity index (χ2n) is 4.60. The summed E-state index contributed by atoms with van der Waals surface area (Å²) < 4.78 is 33.1. The van der Waals surface area contributed by atoms with Crippen molar-refractivity contribution in [3.63, 3.8) is 0 Å². The molecule has 0 aromatic rings. The molecule has 0 radical (unpaired) electrons. The van der Waals surface area contributed by atoms with Crippen molar-refractivity contribution in [2.45, 2.75) is 24.3 Å². The van der Waals surface area contributed by atoms with Gasteiger partial charge in [-0.2, -0.15) is 0 Å². The molecule has 0 spiro atoms. The molecule has 0 aromatic carbocycles. The van der Waals surface area contributed by atoms with E-state index in [1.165, 1.54) is 0 Å². The number of hydrogen-bond acceptors (Lipinski definition) is 6. The topological polar surface area (TPSA) is 125 Å². The first-order chi connectivity index (χ1) is 8.70. The number of hydrogen-bond donors (Lipinski definition) is 4. The van der Waals surface area contributed by atoms with Crippen LogP contribution in [-0.2, 0) is 18.2 Å². The zero-order valence-corrected chi connectivity index (χ0v) is 12.8. The first-order valence-electron chi connectivity index (χ1n) is 5.90. The lowest BCUT2D eigenvalue weighted by Gasteiger charge is -2.36. The lowest BCUT2D eigenvalue weighted by Crippen LogP contribution is -2.38. The summed E-state index contributed by atoms with van der Waals surface area (Å²) in [6.45, 7) is 1.31. The zero-order valence-electron chi connectivity index (χ0n) is 11.0. The van der Waals surface area contributed by atoms with E-state index in [9.17, 15) is 24.0 Å². The fourth-order valence-electron chi connectivity index (χ4n) is 2.24. The molecular weight excluding hydrogens is 296 g/mol. The Bertz CT molecular complexity index is 384. The van der Waals surface area contributed by atoms with Crippen LogP contribution in [0.2, 0.25) is 0 Å². The molecule has 19 heavy (non-hydrogen) atoms. The standard InChI is InChI=1S/C9H21NO7P2/c1-16-19(15,17-2)9(11,18(12,13)14)6-8-4-3-5-10-7-8/h8,10-11H,3-7H2,1-2H3,(H2,12,13,14). The Hall–Kier alpha value is 0.220. The lowest BCUT2D eigenvalue weighted by atomic mass is 9.96. The van der Waals surface area contributed by atoms with Gasteiger partial charge in [0.2, 0.25) is 0 Å². The van der Waals surface area contributed by atoms with Crippen molar-refractivity contribution < 1.29 is 33.1 Å². The van der Waals surface area contributed by atoms with Crippen molar-refractivity contribution in [1.29, 1.82) is 0 Å². The molecule has 0 amide bonds. The molecule has 1 aliphatic rings. The summed E-state index contributed by atoms with van der Waals surface area (Å²) in [6, 6.07) is 0. The van der Waals surface area contributed by atoms with Gasteiger partial charge < -0.3 is 29.3 Å².